The lowest BCUT2D eigenvalue weighted by Gasteiger charge is -1.96. The summed E-state index contributed by atoms with van der Waals surface area (Å²) < 4.78 is 1.70. The summed E-state index contributed by atoms with van der Waals surface area (Å²) in [5.41, 5.74) is 6.23. The van der Waals surface area contributed by atoms with Gasteiger partial charge in [-0.2, -0.15) is 0 Å². The van der Waals surface area contributed by atoms with E-state index in [1.807, 2.05) is 6.07 Å². The molecule has 0 amide bonds. The number of fused-ring (bicyclic) bond motifs is 1. The topological polar surface area (TPSA) is 56.2 Å². The van der Waals surface area contributed by atoms with Crippen molar-refractivity contribution in [1.29, 1.82) is 0 Å². The highest BCUT2D eigenvalue weighted by Gasteiger charge is 2.01. The zero-order valence-electron chi connectivity index (χ0n) is 6.24. The molecule has 0 fully saturated rings. The number of nitrogens with two attached hydrogens (primary N) is 1. The van der Waals surface area contributed by atoms with Crippen LogP contribution in [0.1, 0.15) is 5.69 Å². The molecule has 0 atom stereocenters. The van der Waals surface area contributed by atoms with Gasteiger partial charge < -0.3 is 5.73 Å². The maximum Gasteiger partial charge on any atom is 0.235 e. The Kier molecular flexibility index (Phi) is 1.71. The molecule has 0 aromatic carbocycles. The molecule has 0 aliphatic carbocycles. The Hall–Kier alpha value is -1.13. The van der Waals surface area contributed by atoms with Crippen LogP contribution in [0.5, 0.6) is 0 Å². The molecule has 2 aromatic rings. The smallest absolute Gasteiger partial charge is 0.235 e. The van der Waals surface area contributed by atoms with E-state index in [4.69, 9.17) is 17.3 Å². The number of hydrogen-bond donors (Lipinski definition) is 1. The van der Waals surface area contributed by atoms with Crippen LogP contribution in [0.2, 0.25) is 5.15 Å². The minimum Gasteiger partial charge on any atom is -0.325 e. The minimum absolute atomic E-state index is 0.418. The standard InChI is InChI=1S/C7H7ClN4/c8-6-4-10-7-11-5(3-9)1-2-12(6)7/h1-2,4H,3,9H2. The molecule has 0 aliphatic heterocycles. The summed E-state index contributed by atoms with van der Waals surface area (Å²) in [5, 5.41) is 0.557. The molecular weight excluding hydrogens is 176 g/mol. The molecule has 2 heterocycles. The Balaban J connectivity index is 2.69. The molecule has 5 heteroatoms. The second kappa shape index (κ2) is 2.73. The van der Waals surface area contributed by atoms with Crippen LogP contribution in [0.4, 0.5) is 0 Å². The molecule has 2 aromatic heterocycles. The quantitative estimate of drug-likeness (QED) is 0.711. The fourth-order valence-corrected chi connectivity index (χ4v) is 1.17. The second-order valence-corrected chi connectivity index (χ2v) is 2.76. The Bertz CT molecular complexity index is 409. The van der Waals surface area contributed by atoms with E-state index in [0.717, 1.165) is 5.69 Å². The van der Waals surface area contributed by atoms with Crippen LogP contribution in [0.25, 0.3) is 5.78 Å². The predicted molar refractivity (Wildman–Crippen MR) is 45.9 cm³/mol. The van der Waals surface area contributed by atoms with Gasteiger partial charge in [0.05, 0.1) is 11.9 Å². The zero-order chi connectivity index (χ0) is 8.55. The zero-order valence-corrected chi connectivity index (χ0v) is 6.99. The first-order valence-electron chi connectivity index (χ1n) is 3.50. The molecule has 0 unspecified atom stereocenters. The highest BCUT2D eigenvalue weighted by Crippen LogP contribution is 2.09. The second-order valence-electron chi connectivity index (χ2n) is 2.37. The van der Waals surface area contributed by atoms with Gasteiger partial charge in [-0.15, -0.1) is 0 Å². The maximum atomic E-state index is 5.80. The third-order valence-corrected chi connectivity index (χ3v) is 1.88. The highest BCUT2D eigenvalue weighted by molar-refractivity contribution is 6.29. The number of nitrogens with zero attached hydrogens (tertiary/aromatic N) is 3. The van der Waals surface area contributed by atoms with Gasteiger partial charge in [0.15, 0.2) is 0 Å². The summed E-state index contributed by atoms with van der Waals surface area (Å²) in [6.45, 7) is 0.418. The van der Waals surface area contributed by atoms with E-state index in [1.54, 1.807) is 16.8 Å². The van der Waals surface area contributed by atoms with E-state index in [2.05, 4.69) is 9.97 Å². The van der Waals surface area contributed by atoms with Gasteiger partial charge in [-0.3, -0.25) is 4.40 Å². The van der Waals surface area contributed by atoms with Gasteiger partial charge in [-0.05, 0) is 6.07 Å². The highest BCUT2D eigenvalue weighted by atomic mass is 35.5. The molecule has 12 heavy (non-hydrogen) atoms. The van der Waals surface area contributed by atoms with Crippen LogP contribution in [0.15, 0.2) is 18.5 Å². The summed E-state index contributed by atoms with van der Waals surface area (Å²) in [6, 6.07) is 1.82. The fraction of sp³-hybridized carbons (Fsp3) is 0.143. The van der Waals surface area contributed by atoms with Gasteiger partial charge in [0.25, 0.3) is 0 Å². The summed E-state index contributed by atoms with van der Waals surface area (Å²) in [7, 11) is 0. The van der Waals surface area contributed by atoms with Crippen molar-refractivity contribution in [3.05, 3.63) is 29.3 Å². The van der Waals surface area contributed by atoms with Crippen LogP contribution in [0.3, 0.4) is 0 Å². The van der Waals surface area contributed by atoms with Crippen molar-refractivity contribution in [1.82, 2.24) is 14.4 Å². The van der Waals surface area contributed by atoms with E-state index < -0.39 is 0 Å². The van der Waals surface area contributed by atoms with Gasteiger partial charge >= 0.3 is 0 Å². The number of rotatable bonds is 1. The molecule has 0 aliphatic rings. The molecule has 62 valence electrons. The van der Waals surface area contributed by atoms with Crippen molar-refractivity contribution in [2.75, 3.05) is 0 Å². The van der Waals surface area contributed by atoms with Crippen molar-refractivity contribution in [2.45, 2.75) is 6.54 Å². The van der Waals surface area contributed by atoms with Gasteiger partial charge in [0.2, 0.25) is 5.78 Å². The number of hydrogen-bond acceptors (Lipinski definition) is 3. The van der Waals surface area contributed by atoms with Crippen LogP contribution in [0, 0.1) is 0 Å². The summed E-state index contributed by atoms with van der Waals surface area (Å²) in [5.74, 6) is 0.586. The van der Waals surface area contributed by atoms with Gasteiger partial charge in [0.1, 0.15) is 5.15 Å². The molecule has 4 nitrogen and oxygen atoms in total. The first-order chi connectivity index (χ1) is 5.81. The molecule has 2 N–H and O–H groups in total. The average Bonchev–Trinajstić information content (AvgIpc) is 2.47. The first-order valence-corrected chi connectivity index (χ1v) is 3.87. The van der Waals surface area contributed by atoms with E-state index >= 15 is 0 Å². The van der Waals surface area contributed by atoms with E-state index in [9.17, 15) is 0 Å². The Morgan fingerprint density at radius 3 is 3.17 bits per heavy atom. The van der Waals surface area contributed by atoms with E-state index in [0.29, 0.717) is 17.5 Å². The lowest BCUT2D eigenvalue weighted by Crippen LogP contribution is -2.01. The molecule has 0 radical (unpaired) electrons. The normalized spacial score (nSPS) is 10.8. The largest absolute Gasteiger partial charge is 0.325 e. The van der Waals surface area contributed by atoms with Crippen molar-refractivity contribution < 1.29 is 0 Å². The van der Waals surface area contributed by atoms with Gasteiger partial charge in [0, 0.05) is 12.7 Å². The monoisotopic (exact) mass is 182 g/mol. The van der Waals surface area contributed by atoms with Crippen LogP contribution in [-0.2, 0) is 6.54 Å². The third-order valence-electron chi connectivity index (χ3n) is 1.60. The third kappa shape index (κ3) is 1.05. The Morgan fingerprint density at radius 1 is 1.58 bits per heavy atom. The van der Waals surface area contributed by atoms with Gasteiger partial charge in [-0.1, -0.05) is 11.6 Å². The lowest BCUT2D eigenvalue weighted by molar-refractivity contribution is 0.962. The fourth-order valence-electron chi connectivity index (χ4n) is 0.992. The minimum atomic E-state index is 0.418. The van der Waals surface area contributed by atoms with Crippen molar-refractivity contribution in [2.24, 2.45) is 5.73 Å². The van der Waals surface area contributed by atoms with Crippen molar-refractivity contribution in [3.8, 4) is 0 Å². The Labute approximate surface area is 74.0 Å². The summed E-state index contributed by atoms with van der Waals surface area (Å²) in [4.78, 5) is 8.15. The molecule has 0 spiro atoms. The molecular formula is C7H7ClN4. The molecule has 0 saturated heterocycles. The summed E-state index contributed by atoms with van der Waals surface area (Å²) >= 11 is 5.80. The van der Waals surface area contributed by atoms with Gasteiger partial charge in [-0.25, -0.2) is 9.97 Å². The molecule has 2 rings (SSSR count). The maximum absolute atomic E-state index is 5.80. The predicted octanol–water partition coefficient (Wildman–Crippen LogP) is 0.841. The number of aromatic nitrogens is 3. The molecule has 0 bridgehead atoms. The van der Waals surface area contributed by atoms with Crippen LogP contribution >= 0.6 is 11.6 Å². The van der Waals surface area contributed by atoms with Crippen LogP contribution in [-0.4, -0.2) is 14.4 Å². The van der Waals surface area contributed by atoms with E-state index in [-0.39, 0.29) is 0 Å². The van der Waals surface area contributed by atoms with Crippen LogP contribution < -0.4 is 5.73 Å². The first kappa shape index (κ1) is 7.52. The molecule has 0 saturated carbocycles. The van der Waals surface area contributed by atoms with Crippen molar-refractivity contribution in [3.63, 3.8) is 0 Å². The SMILES string of the molecule is NCc1ccn2c(Cl)cnc2n1. The lowest BCUT2D eigenvalue weighted by atomic mass is 10.4. The number of halogens is 1. The van der Waals surface area contributed by atoms with E-state index in [1.165, 1.54) is 0 Å². The summed E-state index contributed by atoms with van der Waals surface area (Å²) in [6.07, 6.45) is 3.37. The average molecular weight is 183 g/mol. The number of imidazole rings is 1. The Morgan fingerprint density at radius 2 is 2.42 bits per heavy atom. The van der Waals surface area contributed by atoms with Crippen molar-refractivity contribution >= 4 is 17.4 Å².